The maximum atomic E-state index is 12.8. The number of sulfonamides is 1. The van der Waals surface area contributed by atoms with Crippen LogP contribution in [0.4, 0.5) is 11.4 Å². The molecule has 0 unspecified atom stereocenters. The van der Waals surface area contributed by atoms with Crippen molar-refractivity contribution in [2.75, 3.05) is 11.8 Å². The lowest BCUT2D eigenvalue weighted by atomic mass is 10.1. The minimum Gasteiger partial charge on any atom is -0.337 e. The summed E-state index contributed by atoms with van der Waals surface area (Å²) in [6.07, 6.45) is 0. The molecule has 0 radical (unpaired) electrons. The van der Waals surface area contributed by atoms with Gasteiger partial charge in [-0.2, -0.15) is 0 Å². The highest BCUT2D eigenvalue weighted by molar-refractivity contribution is 7.92. The van der Waals surface area contributed by atoms with Gasteiger partial charge in [-0.05, 0) is 42.0 Å². The molecule has 0 fully saturated rings. The number of nitro benzene ring substituents is 1. The Bertz CT molecular complexity index is 1230. The van der Waals surface area contributed by atoms with Gasteiger partial charge in [0.2, 0.25) is 0 Å². The molecule has 0 spiro atoms. The number of non-ortho nitro benzene ring substituents is 1. The molecule has 0 aromatic heterocycles. The molecule has 0 aliphatic rings. The second kappa shape index (κ2) is 9.15. The molecule has 160 valence electrons. The number of halogens is 1. The summed E-state index contributed by atoms with van der Waals surface area (Å²) in [5, 5.41) is 11.3. The van der Waals surface area contributed by atoms with Crippen molar-refractivity contribution in [3.63, 3.8) is 0 Å². The van der Waals surface area contributed by atoms with Gasteiger partial charge in [0.05, 0.1) is 9.82 Å². The molecule has 0 saturated carbocycles. The van der Waals surface area contributed by atoms with Gasteiger partial charge < -0.3 is 4.90 Å². The van der Waals surface area contributed by atoms with Crippen LogP contribution in [-0.4, -0.2) is 31.2 Å². The number of amides is 1. The first-order chi connectivity index (χ1) is 14.7. The Morgan fingerprint density at radius 1 is 1.06 bits per heavy atom. The number of nitrogens with one attached hydrogen (secondary N) is 1. The number of nitrogens with zero attached hydrogens (tertiary/aromatic N) is 2. The first-order valence-corrected chi connectivity index (χ1v) is 10.9. The lowest BCUT2D eigenvalue weighted by Gasteiger charge is -2.18. The number of anilines is 1. The lowest BCUT2D eigenvalue weighted by Crippen LogP contribution is -2.26. The van der Waals surface area contributed by atoms with Crippen LogP contribution in [0, 0.1) is 10.1 Å². The number of carbonyl (C=O) groups is 1. The highest BCUT2D eigenvalue weighted by atomic mass is 35.5. The van der Waals surface area contributed by atoms with Crippen LogP contribution in [0.3, 0.4) is 0 Å². The summed E-state index contributed by atoms with van der Waals surface area (Å²) >= 11 is 6.11. The van der Waals surface area contributed by atoms with Gasteiger partial charge in [-0.3, -0.25) is 19.6 Å². The van der Waals surface area contributed by atoms with E-state index in [1.54, 1.807) is 30.3 Å². The summed E-state index contributed by atoms with van der Waals surface area (Å²) in [7, 11) is -2.27. The van der Waals surface area contributed by atoms with Crippen molar-refractivity contribution >= 4 is 38.9 Å². The third kappa shape index (κ3) is 5.39. The highest BCUT2D eigenvalue weighted by Crippen LogP contribution is 2.24. The summed E-state index contributed by atoms with van der Waals surface area (Å²) in [6, 6.07) is 18.0. The van der Waals surface area contributed by atoms with Gasteiger partial charge in [0, 0.05) is 42.0 Å². The van der Waals surface area contributed by atoms with Gasteiger partial charge >= 0.3 is 0 Å². The van der Waals surface area contributed by atoms with Gasteiger partial charge in [0.1, 0.15) is 0 Å². The molecule has 1 N–H and O–H groups in total. The maximum Gasteiger partial charge on any atom is 0.269 e. The fraction of sp³-hybridized carbons (Fsp3) is 0.0952. The Hall–Kier alpha value is -3.43. The van der Waals surface area contributed by atoms with Gasteiger partial charge in [-0.25, -0.2) is 8.42 Å². The Morgan fingerprint density at radius 2 is 1.77 bits per heavy atom. The first-order valence-electron chi connectivity index (χ1n) is 9.03. The van der Waals surface area contributed by atoms with Gasteiger partial charge in [-0.15, -0.1) is 0 Å². The van der Waals surface area contributed by atoms with E-state index >= 15 is 0 Å². The highest BCUT2D eigenvalue weighted by Gasteiger charge is 2.18. The van der Waals surface area contributed by atoms with Crippen molar-refractivity contribution < 1.29 is 18.1 Å². The minimum atomic E-state index is -3.80. The maximum absolute atomic E-state index is 12.8. The summed E-state index contributed by atoms with van der Waals surface area (Å²) in [6.45, 7) is 0.0410. The average molecular weight is 460 g/mol. The summed E-state index contributed by atoms with van der Waals surface area (Å²) in [4.78, 5) is 24.7. The molecular weight excluding hydrogens is 442 g/mol. The Balaban J connectivity index is 1.78. The van der Waals surface area contributed by atoms with Crippen molar-refractivity contribution in [3.05, 3.63) is 99.1 Å². The summed E-state index contributed by atoms with van der Waals surface area (Å²) in [5.41, 5.74) is 0.777. The number of carbonyl (C=O) groups excluding carboxylic acids is 1. The van der Waals surface area contributed by atoms with Crippen LogP contribution in [0.25, 0.3) is 0 Å². The zero-order valence-corrected chi connectivity index (χ0v) is 17.9. The van der Waals surface area contributed by atoms with Crippen LogP contribution in [0.5, 0.6) is 0 Å². The first kappa shape index (κ1) is 22.3. The SMILES string of the molecule is CN(Cc1cc([N+](=O)[O-])ccc1Cl)C(=O)c1cccc(NS(=O)(=O)c2ccccc2)c1. The van der Waals surface area contributed by atoms with Crippen molar-refractivity contribution in [1.82, 2.24) is 4.90 Å². The van der Waals surface area contributed by atoms with Crippen LogP contribution >= 0.6 is 11.6 Å². The molecular formula is C21H18ClN3O5S. The molecule has 0 atom stereocenters. The number of nitro groups is 1. The molecule has 31 heavy (non-hydrogen) atoms. The van der Waals surface area contributed by atoms with E-state index in [-0.39, 0.29) is 28.4 Å². The fourth-order valence-electron chi connectivity index (χ4n) is 2.87. The smallest absolute Gasteiger partial charge is 0.269 e. The normalized spacial score (nSPS) is 11.0. The van der Waals surface area contributed by atoms with E-state index < -0.39 is 20.9 Å². The number of hydrogen-bond acceptors (Lipinski definition) is 5. The molecule has 0 aliphatic carbocycles. The molecule has 3 rings (SSSR count). The van der Waals surface area contributed by atoms with E-state index in [0.717, 1.165) is 0 Å². The third-order valence-corrected chi connectivity index (χ3v) is 6.18. The average Bonchev–Trinajstić information content (AvgIpc) is 2.75. The van der Waals surface area contributed by atoms with Crippen LogP contribution in [-0.2, 0) is 16.6 Å². The molecule has 0 heterocycles. The predicted molar refractivity (Wildman–Crippen MR) is 118 cm³/mol. The van der Waals surface area contributed by atoms with E-state index in [1.165, 1.54) is 54.4 Å². The summed E-state index contributed by atoms with van der Waals surface area (Å²) in [5.74, 6) is -0.400. The minimum absolute atomic E-state index is 0.0410. The quantitative estimate of drug-likeness (QED) is 0.418. The van der Waals surface area contributed by atoms with Crippen molar-refractivity contribution in [2.24, 2.45) is 0 Å². The molecule has 1 amide bonds. The van der Waals surface area contributed by atoms with E-state index in [1.807, 2.05) is 0 Å². The molecule has 8 nitrogen and oxygen atoms in total. The second-order valence-corrected chi connectivity index (χ2v) is 8.78. The molecule has 0 bridgehead atoms. The monoisotopic (exact) mass is 459 g/mol. The number of hydrogen-bond donors (Lipinski definition) is 1. The van der Waals surface area contributed by atoms with E-state index in [9.17, 15) is 23.3 Å². The third-order valence-electron chi connectivity index (χ3n) is 4.41. The zero-order chi connectivity index (χ0) is 22.6. The topological polar surface area (TPSA) is 110 Å². The second-order valence-electron chi connectivity index (χ2n) is 6.69. The Morgan fingerprint density at radius 3 is 2.45 bits per heavy atom. The molecule has 3 aromatic carbocycles. The zero-order valence-electron chi connectivity index (χ0n) is 16.4. The fourth-order valence-corrected chi connectivity index (χ4v) is 4.12. The van der Waals surface area contributed by atoms with E-state index in [4.69, 9.17) is 11.6 Å². The standard InChI is InChI=1S/C21H18ClN3O5S/c1-24(14-16-13-18(25(27)28)10-11-20(16)22)21(26)15-6-5-7-17(12-15)23-31(29,30)19-8-3-2-4-9-19/h2-13,23H,14H2,1H3. The lowest BCUT2D eigenvalue weighted by molar-refractivity contribution is -0.384. The Kier molecular flexibility index (Phi) is 6.57. The largest absolute Gasteiger partial charge is 0.337 e. The number of benzene rings is 3. The van der Waals surface area contributed by atoms with Crippen LogP contribution in [0.15, 0.2) is 77.7 Å². The van der Waals surface area contributed by atoms with E-state index in [2.05, 4.69) is 4.72 Å². The van der Waals surface area contributed by atoms with Crippen molar-refractivity contribution in [1.29, 1.82) is 0 Å². The van der Waals surface area contributed by atoms with Gasteiger partial charge in [0.15, 0.2) is 0 Å². The van der Waals surface area contributed by atoms with Crippen molar-refractivity contribution in [2.45, 2.75) is 11.4 Å². The molecule has 3 aromatic rings. The van der Waals surface area contributed by atoms with Gasteiger partial charge in [-0.1, -0.05) is 35.9 Å². The summed E-state index contributed by atoms with van der Waals surface area (Å²) < 4.78 is 27.5. The van der Waals surface area contributed by atoms with Crippen molar-refractivity contribution in [3.8, 4) is 0 Å². The molecule has 0 aliphatic heterocycles. The van der Waals surface area contributed by atoms with E-state index in [0.29, 0.717) is 10.6 Å². The van der Waals surface area contributed by atoms with Crippen LogP contribution in [0.2, 0.25) is 5.02 Å². The molecule has 10 heteroatoms. The molecule has 0 saturated heterocycles. The number of rotatable bonds is 7. The van der Waals surface area contributed by atoms with Crippen LogP contribution in [0.1, 0.15) is 15.9 Å². The van der Waals surface area contributed by atoms with Crippen LogP contribution < -0.4 is 4.72 Å². The van der Waals surface area contributed by atoms with Gasteiger partial charge in [0.25, 0.3) is 21.6 Å². The Labute approximate surface area is 184 Å². The predicted octanol–water partition coefficient (Wildman–Crippen LogP) is 4.32.